The van der Waals surface area contributed by atoms with Crippen LogP contribution in [0.25, 0.3) is 0 Å². The fraction of sp³-hybridized carbons (Fsp3) is 0.333. The predicted octanol–water partition coefficient (Wildman–Crippen LogP) is 1.16. The molecule has 0 fully saturated rings. The summed E-state index contributed by atoms with van der Waals surface area (Å²) in [6, 6.07) is 1.76. The molecule has 0 N–H and O–H groups in total. The van der Waals surface area contributed by atoms with E-state index in [1.807, 2.05) is 13.2 Å². The Bertz CT molecular complexity index is 281. The van der Waals surface area contributed by atoms with Crippen molar-refractivity contribution in [2.75, 3.05) is 7.11 Å². The predicted molar refractivity (Wildman–Crippen MR) is 40.6 cm³/mol. The Kier molecular flexibility index (Phi) is 2.01. The number of ether oxygens (including phenoxy) is 1. The molecule has 3 nitrogen and oxygen atoms in total. The van der Waals surface area contributed by atoms with Crippen molar-refractivity contribution < 1.29 is 4.74 Å². The normalized spacial score (nSPS) is 9.40. The molecule has 0 aromatic carbocycles. The van der Waals surface area contributed by atoms with E-state index in [9.17, 15) is 0 Å². The molecule has 4 heteroatoms. The average molecular weight is 156 g/mol. The first kappa shape index (κ1) is 7.21. The monoisotopic (exact) mass is 156 g/mol. The van der Waals surface area contributed by atoms with Gasteiger partial charge in [-0.2, -0.15) is 4.98 Å². The Morgan fingerprint density at radius 2 is 2.40 bits per heavy atom. The molecule has 0 aliphatic heterocycles. The van der Waals surface area contributed by atoms with Crippen molar-refractivity contribution in [2.24, 2.45) is 7.05 Å². The lowest BCUT2D eigenvalue weighted by molar-refractivity contribution is 0.394. The minimum absolute atomic E-state index is 0.527. The molecule has 0 aliphatic rings. The number of aromatic nitrogens is 2. The SMILES string of the molecule is COc1ccn(C)c(=S)n1. The maximum atomic E-state index is 4.88. The van der Waals surface area contributed by atoms with Gasteiger partial charge < -0.3 is 9.30 Å². The molecule has 1 aromatic heterocycles. The van der Waals surface area contributed by atoms with E-state index in [4.69, 9.17) is 17.0 Å². The van der Waals surface area contributed by atoms with Gasteiger partial charge in [-0.25, -0.2) is 0 Å². The minimum atomic E-state index is 0.527. The zero-order chi connectivity index (χ0) is 7.56. The van der Waals surface area contributed by atoms with Crippen LogP contribution in [0.3, 0.4) is 0 Å². The van der Waals surface area contributed by atoms with Gasteiger partial charge in [-0.3, -0.25) is 0 Å². The zero-order valence-electron chi connectivity index (χ0n) is 5.87. The average Bonchev–Trinajstić information content (AvgIpc) is 1.95. The van der Waals surface area contributed by atoms with Gasteiger partial charge in [-0.05, 0) is 12.2 Å². The second kappa shape index (κ2) is 2.79. The third kappa shape index (κ3) is 1.33. The second-order valence-corrected chi connectivity index (χ2v) is 2.23. The number of methoxy groups -OCH3 is 1. The van der Waals surface area contributed by atoms with E-state index in [-0.39, 0.29) is 0 Å². The van der Waals surface area contributed by atoms with Gasteiger partial charge in [0.25, 0.3) is 0 Å². The van der Waals surface area contributed by atoms with Crippen molar-refractivity contribution in [3.8, 4) is 5.88 Å². The summed E-state index contributed by atoms with van der Waals surface area (Å²) in [6.45, 7) is 0. The van der Waals surface area contributed by atoms with E-state index in [1.54, 1.807) is 17.7 Å². The smallest absolute Gasteiger partial charge is 0.217 e. The molecule has 0 amide bonds. The first-order valence-corrected chi connectivity index (χ1v) is 3.22. The Balaban J connectivity index is 3.17. The van der Waals surface area contributed by atoms with Gasteiger partial charge >= 0.3 is 0 Å². The lowest BCUT2D eigenvalue weighted by atomic mass is 10.6. The van der Waals surface area contributed by atoms with Gasteiger partial charge in [0.2, 0.25) is 10.7 Å². The Morgan fingerprint density at radius 1 is 1.70 bits per heavy atom. The standard InChI is InChI=1S/C6H8N2OS/c1-8-4-3-5(9-2)7-6(8)10/h3-4H,1-2H3. The quantitative estimate of drug-likeness (QED) is 0.571. The van der Waals surface area contributed by atoms with Crippen LogP contribution in [0, 0.1) is 4.77 Å². The first-order valence-electron chi connectivity index (χ1n) is 2.81. The van der Waals surface area contributed by atoms with Gasteiger partial charge in [-0.1, -0.05) is 0 Å². The number of hydrogen-bond acceptors (Lipinski definition) is 3. The van der Waals surface area contributed by atoms with E-state index < -0.39 is 0 Å². The van der Waals surface area contributed by atoms with E-state index >= 15 is 0 Å². The maximum absolute atomic E-state index is 4.88. The van der Waals surface area contributed by atoms with Gasteiger partial charge in [-0.15, -0.1) is 0 Å². The summed E-state index contributed by atoms with van der Waals surface area (Å²) in [5, 5.41) is 0. The van der Waals surface area contributed by atoms with Crippen LogP contribution in [-0.4, -0.2) is 16.7 Å². The van der Waals surface area contributed by atoms with Crippen molar-refractivity contribution in [1.82, 2.24) is 9.55 Å². The molecule has 0 atom stereocenters. The highest BCUT2D eigenvalue weighted by molar-refractivity contribution is 7.71. The summed E-state index contributed by atoms with van der Waals surface area (Å²) < 4.78 is 7.13. The highest BCUT2D eigenvalue weighted by atomic mass is 32.1. The molecule has 54 valence electrons. The second-order valence-electron chi connectivity index (χ2n) is 1.86. The summed E-state index contributed by atoms with van der Waals surface area (Å²) in [6.07, 6.45) is 1.81. The lowest BCUT2D eigenvalue weighted by Crippen LogP contribution is -1.96. The molecular weight excluding hydrogens is 148 g/mol. The fourth-order valence-corrected chi connectivity index (χ4v) is 0.714. The Morgan fingerprint density at radius 3 is 2.90 bits per heavy atom. The van der Waals surface area contributed by atoms with Crippen molar-refractivity contribution in [3.05, 3.63) is 17.0 Å². The molecule has 0 bridgehead atoms. The summed E-state index contributed by atoms with van der Waals surface area (Å²) in [5.74, 6) is 0.558. The third-order valence-corrected chi connectivity index (χ3v) is 1.54. The van der Waals surface area contributed by atoms with Crippen LogP contribution in [-0.2, 0) is 7.05 Å². The lowest BCUT2D eigenvalue weighted by Gasteiger charge is -1.99. The molecule has 1 heterocycles. The maximum Gasteiger partial charge on any atom is 0.217 e. The number of hydrogen-bond donors (Lipinski definition) is 0. The summed E-state index contributed by atoms with van der Waals surface area (Å²) in [7, 11) is 3.41. The summed E-state index contributed by atoms with van der Waals surface area (Å²) >= 11 is 4.88. The zero-order valence-corrected chi connectivity index (χ0v) is 6.68. The first-order chi connectivity index (χ1) is 4.74. The van der Waals surface area contributed by atoms with Crippen molar-refractivity contribution in [2.45, 2.75) is 0 Å². The molecule has 1 rings (SSSR count). The van der Waals surface area contributed by atoms with Gasteiger partial charge in [0.05, 0.1) is 7.11 Å². The fourth-order valence-electron chi connectivity index (χ4n) is 0.563. The van der Waals surface area contributed by atoms with Crippen LogP contribution in [0.5, 0.6) is 5.88 Å². The van der Waals surface area contributed by atoms with Gasteiger partial charge in [0.15, 0.2) is 0 Å². The number of aryl methyl sites for hydroxylation is 1. The summed E-state index contributed by atoms with van der Waals surface area (Å²) in [5.41, 5.74) is 0. The Hall–Kier alpha value is -0.900. The van der Waals surface area contributed by atoms with Crippen molar-refractivity contribution in [1.29, 1.82) is 0 Å². The summed E-state index contributed by atoms with van der Waals surface area (Å²) in [4.78, 5) is 3.95. The van der Waals surface area contributed by atoms with Gasteiger partial charge in [0, 0.05) is 19.3 Å². The number of rotatable bonds is 1. The van der Waals surface area contributed by atoms with Crippen LogP contribution in [0.2, 0.25) is 0 Å². The largest absolute Gasteiger partial charge is 0.481 e. The molecule has 0 unspecified atom stereocenters. The highest BCUT2D eigenvalue weighted by Gasteiger charge is 1.90. The third-order valence-electron chi connectivity index (χ3n) is 1.16. The van der Waals surface area contributed by atoms with Crippen LogP contribution in [0.1, 0.15) is 0 Å². The molecule has 0 saturated heterocycles. The molecule has 0 saturated carbocycles. The highest BCUT2D eigenvalue weighted by Crippen LogP contribution is 2.01. The molecule has 0 aliphatic carbocycles. The van der Waals surface area contributed by atoms with E-state index in [2.05, 4.69) is 4.98 Å². The van der Waals surface area contributed by atoms with E-state index in [0.717, 1.165) is 0 Å². The van der Waals surface area contributed by atoms with E-state index in [0.29, 0.717) is 10.7 Å². The van der Waals surface area contributed by atoms with Crippen LogP contribution in [0.4, 0.5) is 0 Å². The minimum Gasteiger partial charge on any atom is -0.481 e. The van der Waals surface area contributed by atoms with Gasteiger partial charge in [0.1, 0.15) is 0 Å². The molecule has 10 heavy (non-hydrogen) atoms. The molecule has 0 spiro atoms. The molecule has 0 radical (unpaired) electrons. The van der Waals surface area contributed by atoms with Crippen LogP contribution < -0.4 is 4.74 Å². The van der Waals surface area contributed by atoms with E-state index in [1.165, 1.54) is 0 Å². The van der Waals surface area contributed by atoms with Crippen molar-refractivity contribution >= 4 is 12.2 Å². The molecule has 1 aromatic rings. The van der Waals surface area contributed by atoms with Crippen LogP contribution >= 0.6 is 12.2 Å². The number of nitrogens with zero attached hydrogens (tertiary/aromatic N) is 2. The van der Waals surface area contributed by atoms with Crippen molar-refractivity contribution in [3.63, 3.8) is 0 Å². The Labute approximate surface area is 64.3 Å². The topological polar surface area (TPSA) is 27.1 Å². The van der Waals surface area contributed by atoms with Crippen LogP contribution in [0.15, 0.2) is 12.3 Å². The molecular formula is C6H8N2OS.